The number of benzene rings is 2. The Bertz CT molecular complexity index is 1340. The van der Waals surface area contributed by atoms with Gasteiger partial charge in [-0.2, -0.15) is 9.78 Å². The third kappa shape index (κ3) is 4.03. The smallest absolute Gasteiger partial charge is 0.362 e. The second-order valence-electron chi connectivity index (χ2n) is 6.53. The van der Waals surface area contributed by atoms with Crippen LogP contribution in [0.25, 0.3) is 5.69 Å². The molecule has 12 heteroatoms. The monoisotopic (exact) mass is 462 g/mol. The van der Waals surface area contributed by atoms with Gasteiger partial charge < -0.3 is 15.2 Å². The van der Waals surface area contributed by atoms with Crippen LogP contribution in [0.2, 0.25) is 10.0 Å². The van der Waals surface area contributed by atoms with Gasteiger partial charge in [-0.3, -0.25) is 14.6 Å². The topological polar surface area (TPSA) is 143 Å². The van der Waals surface area contributed by atoms with Crippen molar-refractivity contribution in [3.05, 3.63) is 72.5 Å². The summed E-state index contributed by atoms with van der Waals surface area (Å²) in [4.78, 5) is 48.1. The molecule has 31 heavy (non-hydrogen) atoms. The number of aromatic nitrogens is 3. The van der Waals surface area contributed by atoms with Gasteiger partial charge in [-0.05, 0) is 42.3 Å². The lowest BCUT2D eigenvalue weighted by Gasteiger charge is -2.18. The number of carboxylic acid groups (broad SMARTS) is 1. The van der Waals surface area contributed by atoms with Crippen LogP contribution in [-0.4, -0.2) is 31.7 Å². The zero-order valence-electron chi connectivity index (χ0n) is 15.4. The summed E-state index contributed by atoms with van der Waals surface area (Å²) in [5.41, 5.74) is -1.34. The fourth-order valence-corrected chi connectivity index (χ4v) is 3.58. The van der Waals surface area contributed by atoms with Crippen molar-refractivity contribution in [3.63, 3.8) is 0 Å². The van der Waals surface area contributed by atoms with Crippen LogP contribution in [0.3, 0.4) is 0 Å². The highest BCUT2D eigenvalue weighted by molar-refractivity contribution is 6.37. The number of nitrogens with zero attached hydrogens (tertiary/aromatic N) is 2. The van der Waals surface area contributed by atoms with Crippen molar-refractivity contribution < 1.29 is 19.4 Å². The van der Waals surface area contributed by atoms with Crippen molar-refractivity contribution in [1.29, 1.82) is 0 Å². The minimum atomic E-state index is -1.60. The molecule has 4 rings (SSSR count). The van der Waals surface area contributed by atoms with Crippen molar-refractivity contribution in [2.24, 2.45) is 0 Å². The lowest BCUT2D eigenvalue weighted by atomic mass is 10.0. The van der Waals surface area contributed by atoms with E-state index < -0.39 is 22.9 Å². The van der Waals surface area contributed by atoms with Gasteiger partial charge in [-0.1, -0.05) is 23.2 Å². The first kappa shape index (κ1) is 20.6. The summed E-state index contributed by atoms with van der Waals surface area (Å²) in [6.45, 7) is 0. The molecule has 1 aliphatic heterocycles. The standard InChI is InChI=1S/C19H12Cl2N4O6/c20-11-6-9(25-19(30)23-17(27)15(24-25)18(28)29)7-12(21)16(11)31-10-2-3-13-8(5-10)1-4-14(26)22-13/h2-3,5-7H,1,4H2,(H,22,26)(H,28,29)(H,23,27,30). The number of hydrogen-bond donors (Lipinski definition) is 3. The molecule has 0 saturated heterocycles. The van der Waals surface area contributed by atoms with Crippen LogP contribution in [0.15, 0.2) is 39.9 Å². The quantitative estimate of drug-likeness (QED) is 0.540. The summed E-state index contributed by atoms with van der Waals surface area (Å²) in [5.74, 6) is -1.13. The Morgan fingerprint density at radius 1 is 1.10 bits per heavy atom. The number of hydrogen-bond acceptors (Lipinski definition) is 6. The molecule has 2 heterocycles. The van der Waals surface area contributed by atoms with Crippen LogP contribution in [-0.2, 0) is 11.2 Å². The second-order valence-corrected chi connectivity index (χ2v) is 7.35. The van der Waals surface area contributed by atoms with Gasteiger partial charge in [0.1, 0.15) is 5.75 Å². The van der Waals surface area contributed by atoms with Gasteiger partial charge in [-0.15, -0.1) is 0 Å². The maximum absolute atomic E-state index is 12.1. The van der Waals surface area contributed by atoms with Crippen LogP contribution < -0.4 is 21.3 Å². The number of carbonyl (C=O) groups is 2. The maximum atomic E-state index is 12.1. The Balaban J connectivity index is 1.70. The molecule has 3 N–H and O–H groups in total. The molecule has 3 aromatic rings. The highest BCUT2D eigenvalue weighted by atomic mass is 35.5. The predicted octanol–water partition coefficient (Wildman–Crippen LogP) is 2.60. The van der Waals surface area contributed by atoms with E-state index in [1.54, 1.807) is 18.2 Å². The molecule has 1 aromatic heterocycles. The van der Waals surface area contributed by atoms with Crippen LogP contribution in [0.1, 0.15) is 22.5 Å². The normalized spacial score (nSPS) is 12.8. The number of ether oxygens (including phenoxy) is 1. The van der Waals surface area contributed by atoms with E-state index in [0.29, 0.717) is 29.0 Å². The number of nitrogens with one attached hydrogen (secondary N) is 2. The molecular formula is C19H12Cl2N4O6. The average Bonchev–Trinajstić information content (AvgIpc) is 2.70. The van der Waals surface area contributed by atoms with Crippen LogP contribution in [0, 0.1) is 0 Å². The Labute approximate surface area is 183 Å². The van der Waals surface area contributed by atoms with Crippen molar-refractivity contribution >= 4 is 40.8 Å². The fraction of sp³-hybridized carbons (Fsp3) is 0.105. The predicted molar refractivity (Wildman–Crippen MR) is 111 cm³/mol. The van der Waals surface area contributed by atoms with E-state index in [1.807, 2.05) is 4.98 Å². The van der Waals surface area contributed by atoms with Crippen LogP contribution in [0.5, 0.6) is 11.5 Å². The number of amides is 1. The second kappa shape index (κ2) is 7.89. The zero-order valence-corrected chi connectivity index (χ0v) is 17.0. The Morgan fingerprint density at radius 2 is 1.81 bits per heavy atom. The summed E-state index contributed by atoms with van der Waals surface area (Å²) in [6.07, 6.45) is 0.928. The lowest BCUT2D eigenvalue weighted by Crippen LogP contribution is -2.35. The molecule has 0 fully saturated rings. The molecule has 2 aromatic carbocycles. The fourth-order valence-electron chi connectivity index (χ4n) is 3.02. The third-order valence-corrected chi connectivity index (χ3v) is 5.01. The molecular weight excluding hydrogens is 451 g/mol. The number of carboxylic acids is 1. The number of anilines is 1. The number of halogens is 2. The number of carbonyl (C=O) groups excluding carboxylic acids is 1. The summed E-state index contributed by atoms with van der Waals surface area (Å²) < 4.78 is 6.46. The summed E-state index contributed by atoms with van der Waals surface area (Å²) in [5, 5.41) is 15.4. The first-order valence-electron chi connectivity index (χ1n) is 8.80. The minimum Gasteiger partial charge on any atom is -0.476 e. The van der Waals surface area contributed by atoms with Gasteiger partial charge in [0.05, 0.1) is 15.7 Å². The number of aromatic carboxylic acids is 1. The Kier molecular flexibility index (Phi) is 5.25. The Hall–Kier alpha value is -3.63. The highest BCUT2D eigenvalue weighted by Gasteiger charge is 2.19. The van der Waals surface area contributed by atoms with E-state index in [4.69, 9.17) is 33.0 Å². The summed E-state index contributed by atoms with van der Waals surface area (Å²) >= 11 is 12.6. The highest BCUT2D eigenvalue weighted by Crippen LogP contribution is 2.39. The largest absolute Gasteiger partial charge is 0.476 e. The lowest BCUT2D eigenvalue weighted by molar-refractivity contribution is -0.116. The van der Waals surface area contributed by atoms with Crippen LogP contribution in [0.4, 0.5) is 5.69 Å². The molecule has 10 nitrogen and oxygen atoms in total. The molecule has 0 atom stereocenters. The van der Waals surface area contributed by atoms with Gasteiger partial charge >= 0.3 is 11.7 Å². The van der Waals surface area contributed by atoms with E-state index >= 15 is 0 Å². The zero-order chi connectivity index (χ0) is 22.3. The SMILES string of the molecule is O=C1CCc2cc(Oc3c(Cl)cc(-n4nc(C(=O)O)c(=O)[nH]c4=O)cc3Cl)ccc2N1. The molecule has 158 valence electrons. The molecule has 0 unspecified atom stereocenters. The molecule has 0 radical (unpaired) electrons. The summed E-state index contributed by atoms with van der Waals surface area (Å²) in [7, 11) is 0. The van der Waals surface area contributed by atoms with E-state index in [2.05, 4.69) is 10.4 Å². The van der Waals surface area contributed by atoms with Gasteiger partial charge in [0.15, 0.2) is 5.75 Å². The van der Waals surface area contributed by atoms with E-state index in [1.165, 1.54) is 12.1 Å². The maximum Gasteiger partial charge on any atom is 0.362 e. The number of rotatable bonds is 4. The van der Waals surface area contributed by atoms with Crippen LogP contribution >= 0.6 is 23.2 Å². The van der Waals surface area contributed by atoms with Crippen molar-refractivity contribution in [1.82, 2.24) is 14.8 Å². The van der Waals surface area contributed by atoms with Gasteiger partial charge in [0, 0.05) is 12.1 Å². The van der Waals surface area contributed by atoms with E-state index in [-0.39, 0.29) is 27.4 Å². The van der Waals surface area contributed by atoms with Crippen molar-refractivity contribution in [2.45, 2.75) is 12.8 Å². The molecule has 0 aliphatic carbocycles. The van der Waals surface area contributed by atoms with E-state index in [9.17, 15) is 19.2 Å². The van der Waals surface area contributed by atoms with Crippen molar-refractivity contribution in [3.8, 4) is 17.2 Å². The molecule has 0 saturated carbocycles. The number of H-pyrrole nitrogens is 1. The van der Waals surface area contributed by atoms with Crippen molar-refractivity contribution in [2.75, 3.05) is 5.32 Å². The minimum absolute atomic E-state index is 0.0188. The molecule has 1 amide bonds. The van der Waals surface area contributed by atoms with Gasteiger partial charge in [0.25, 0.3) is 5.56 Å². The first-order chi connectivity index (χ1) is 14.7. The van der Waals surface area contributed by atoms with E-state index in [0.717, 1.165) is 5.56 Å². The molecule has 0 bridgehead atoms. The third-order valence-electron chi connectivity index (χ3n) is 4.45. The average molecular weight is 463 g/mol. The van der Waals surface area contributed by atoms with Gasteiger partial charge in [0.2, 0.25) is 11.6 Å². The number of fused-ring (bicyclic) bond motifs is 1. The Morgan fingerprint density at radius 3 is 2.48 bits per heavy atom. The first-order valence-corrected chi connectivity index (χ1v) is 9.55. The number of aryl methyl sites for hydroxylation is 1. The summed E-state index contributed by atoms with van der Waals surface area (Å²) in [6, 6.07) is 7.68. The van der Waals surface area contributed by atoms with Gasteiger partial charge in [-0.25, -0.2) is 9.59 Å². The molecule has 1 aliphatic rings. The number of aromatic amines is 1. The molecule has 0 spiro atoms.